The minimum Gasteiger partial charge on any atom is -0.317 e. The third-order valence-electron chi connectivity index (χ3n) is 2.78. The molecule has 1 aromatic heterocycles. The lowest BCUT2D eigenvalue weighted by Crippen LogP contribution is -2.50. The highest BCUT2D eigenvalue weighted by Gasteiger charge is 2.37. The molecule has 0 aliphatic heterocycles. The molecule has 2 rings (SSSR count). The van der Waals surface area contributed by atoms with E-state index in [0.29, 0.717) is 0 Å². The SMILES string of the molecule is Cl.NC1(C(=O)Nn2cccc2)CCCC1. The summed E-state index contributed by atoms with van der Waals surface area (Å²) in [4.78, 5) is 11.8. The van der Waals surface area contributed by atoms with Crippen molar-refractivity contribution in [2.75, 3.05) is 5.43 Å². The van der Waals surface area contributed by atoms with Gasteiger partial charge in [0.1, 0.15) is 0 Å². The van der Waals surface area contributed by atoms with Crippen molar-refractivity contribution in [3.05, 3.63) is 24.5 Å². The highest BCUT2D eigenvalue weighted by molar-refractivity contribution is 5.92. The second-order valence-corrected chi connectivity index (χ2v) is 3.89. The van der Waals surface area contributed by atoms with Crippen LogP contribution in [0.2, 0.25) is 0 Å². The van der Waals surface area contributed by atoms with Crippen LogP contribution in [-0.2, 0) is 4.79 Å². The van der Waals surface area contributed by atoms with Crippen LogP contribution in [0.4, 0.5) is 0 Å². The molecule has 1 saturated carbocycles. The van der Waals surface area contributed by atoms with Crippen LogP contribution >= 0.6 is 12.4 Å². The maximum atomic E-state index is 11.8. The normalized spacial score (nSPS) is 18.2. The van der Waals surface area contributed by atoms with Crippen molar-refractivity contribution in [2.24, 2.45) is 5.73 Å². The summed E-state index contributed by atoms with van der Waals surface area (Å²) in [6, 6.07) is 3.72. The number of carbonyl (C=O) groups is 1. The lowest BCUT2D eigenvalue weighted by molar-refractivity contribution is -0.121. The van der Waals surface area contributed by atoms with Crippen molar-refractivity contribution in [3.8, 4) is 0 Å². The Labute approximate surface area is 95.2 Å². The van der Waals surface area contributed by atoms with Gasteiger partial charge in [-0.3, -0.25) is 14.9 Å². The van der Waals surface area contributed by atoms with Crippen molar-refractivity contribution in [3.63, 3.8) is 0 Å². The van der Waals surface area contributed by atoms with E-state index in [1.165, 1.54) is 0 Å². The van der Waals surface area contributed by atoms with Crippen molar-refractivity contribution in [2.45, 2.75) is 31.2 Å². The molecule has 1 heterocycles. The van der Waals surface area contributed by atoms with Gasteiger partial charge in [0.25, 0.3) is 5.91 Å². The molecule has 0 saturated heterocycles. The maximum Gasteiger partial charge on any atom is 0.258 e. The van der Waals surface area contributed by atoms with Gasteiger partial charge < -0.3 is 5.73 Å². The molecule has 1 fully saturated rings. The number of nitrogens with one attached hydrogen (secondary N) is 1. The summed E-state index contributed by atoms with van der Waals surface area (Å²) < 4.78 is 1.63. The number of nitrogens with zero attached hydrogens (tertiary/aromatic N) is 1. The molecular weight excluding hydrogens is 214 g/mol. The summed E-state index contributed by atoms with van der Waals surface area (Å²) >= 11 is 0. The molecule has 0 radical (unpaired) electrons. The van der Waals surface area contributed by atoms with E-state index >= 15 is 0 Å². The van der Waals surface area contributed by atoms with Crippen LogP contribution in [0.5, 0.6) is 0 Å². The van der Waals surface area contributed by atoms with E-state index in [0.717, 1.165) is 25.7 Å². The van der Waals surface area contributed by atoms with E-state index in [4.69, 9.17) is 5.73 Å². The number of carbonyl (C=O) groups excluding carboxylic acids is 1. The molecule has 1 aliphatic carbocycles. The van der Waals surface area contributed by atoms with E-state index < -0.39 is 5.54 Å². The Kier molecular flexibility index (Phi) is 3.77. The summed E-state index contributed by atoms with van der Waals surface area (Å²) in [5, 5.41) is 0. The molecular formula is C10H16ClN3O. The lowest BCUT2D eigenvalue weighted by Gasteiger charge is -2.22. The Hall–Kier alpha value is -1.00. The zero-order valence-corrected chi connectivity index (χ0v) is 9.30. The van der Waals surface area contributed by atoms with Crippen LogP contribution in [0, 0.1) is 0 Å². The summed E-state index contributed by atoms with van der Waals surface area (Å²) in [6.45, 7) is 0. The Morgan fingerprint density at radius 3 is 2.33 bits per heavy atom. The molecule has 0 bridgehead atoms. The van der Waals surface area contributed by atoms with E-state index in [1.54, 1.807) is 17.1 Å². The van der Waals surface area contributed by atoms with E-state index in [9.17, 15) is 4.79 Å². The van der Waals surface area contributed by atoms with Crippen LogP contribution < -0.4 is 11.2 Å². The first-order valence-corrected chi connectivity index (χ1v) is 4.94. The highest BCUT2D eigenvalue weighted by Crippen LogP contribution is 2.27. The minimum absolute atomic E-state index is 0. The smallest absolute Gasteiger partial charge is 0.258 e. The van der Waals surface area contributed by atoms with Gasteiger partial charge in [-0.15, -0.1) is 12.4 Å². The van der Waals surface area contributed by atoms with E-state index in [2.05, 4.69) is 5.43 Å². The van der Waals surface area contributed by atoms with Gasteiger partial charge in [-0.05, 0) is 25.0 Å². The predicted octanol–water partition coefficient (Wildman–Crippen LogP) is 1.25. The predicted molar refractivity (Wildman–Crippen MR) is 61.4 cm³/mol. The van der Waals surface area contributed by atoms with Gasteiger partial charge in [-0.1, -0.05) is 12.8 Å². The average molecular weight is 230 g/mol. The van der Waals surface area contributed by atoms with E-state index in [1.807, 2.05) is 12.1 Å². The molecule has 0 atom stereocenters. The van der Waals surface area contributed by atoms with Crippen molar-refractivity contribution < 1.29 is 4.79 Å². The molecule has 0 unspecified atom stereocenters. The number of aromatic nitrogens is 1. The Morgan fingerprint density at radius 1 is 1.27 bits per heavy atom. The molecule has 1 aromatic rings. The van der Waals surface area contributed by atoms with Gasteiger partial charge in [0, 0.05) is 12.4 Å². The largest absolute Gasteiger partial charge is 0.317 e. The Bertz CT molecular complexity index is 317. The Balaban J connectivity index is 0.00000112. The van der Waals surface area contributed by atoms with Gasteiger partial charge in [0.15, 0.2) is 0 Å². The summed E-state index contributed by atoms with van der Waals surface area (Å²) in [7, 11) is 0. The number of nitrogens with two attached hydrogens (primary N) is 1. The van der Waals surface area contributed by atoms with Crippen molar-refractivity contribution >= 4 is 18.3 Å². The van der Waals surface area contributed by atoms with Gasteiger partial charge in [0.05, 0.1) is 5.54 Å². The van der Waals surface area contributed by atoms with Crippen LogP contribution in [0.15, 0.2) is 24.5 Å². The van der Waals surface area contributed by atoms with Gasteiger partial charge in [-0.25, -0.2) is 0 Å². The van der Waals surface area contributed by atoms with Crippen LogP contribution in [0.1, 0.15) is 25.7 Å². The fourth-order valence-electron chi connectivity index (χ4n) is 1.87. The highest BCUT2D eigenvalue weighted by atomic mass is 35.5. The maximum absolute atomic E-state index is 11.8. The molecule has 0 aromatic carbocycles. The zero-order valence-electron chi connectivity index (χ0n) is 8.48. The second kappa shape index (κ2) is 4.68. The fraction of sp³-hybridized carbons (Fsp3) is 0.500. The summed E-state index contributed by atoms with van der Waals surface area (Å²) in [5.74, 6) is -0.0776. The van der Waals surface area contributed by atoms with Crippen molar-refractivity contribution in [1.29, 1.82) is 0 Å². The molecule has 5 heteroatoms. The zero-order chi connectivity index (χ0) is 10.0. The molecule has 0 spiro atoms. The second-order valence-electron chi connectivity index (χ2n) is 3.89. The van der Waals surface area contributed by atoms with Crippen LogP contribution in [0.3, 0.4) is 0 Å². The summed E-state index contributed by atoms with van der Waals surface area (Å²) in [6.07, 6.45) is 7.26. The van der Waals surface area contributed by atoms with Crippen molar-refractivity contribution in [1.82, 2.24) is 4.68 Å². The fourth-order valence-corrected chi connectivity index (χ4v) is 1.87. The van der Waals surface area contributed by atoms with Crippen LogP contribution in [-0.4, -0.2) is 16.1 Å². The van der Waals surface area contributed by atoms with Gasteiger partial charge in [0.2, 0.25) is 0 Å². The van der Waals surface area contributed by atoms with E-state index in [-0.39, 0.29) is 18.3 Å². The monoisotopic (exact) mass is 229 g/mol. The average Bonchev–Trinajstić information content (AvgIpc) is 2.76. The third kappa shape index (κ3) is 2.52. The number of halogens is 1. The topological polar surface area (TPSA) is 60.1 Å². The number of hydrogen-bond donors (Lipinski definition) is 2. The number of rotatable bonds is 2. The molecule has 1 amide bonds. The molecule has 3 N–H and O–H groups in total. The number of hydrogen-bond acceptors (Lipinski definition) is 2. The first kappa shape index (κ1) is 12.1. The molecule has 15 heavy (non-hydrogen) atoms. The lowest BCUT2D eigenvalue weighted by atomic mass is 9.99. The Morgan fingerprint density at radius 2 is 1.80 bits per heavy atom. The first-order valence-electron chi connectivity index (χ1n) is 4.94. The first-order chi connectivity index (χ1) is 6.71. The third-order valence-corrected chi connectivity index (χ3v) is 2.78. The van der Waals surface area contributed by atoms with Crippen LogP contribution in [0.25, 0.3) is 0 Å². The minimum atomic E-state index is -0.649. The molecule has 84 valence electrons. The molecule has 1 aliphatic rings. The standard InChI is InChI=1S/C10H15N3O.ClH/c11-10(5-1-2-6-10)9(14)12-13-7-3-4-8-13;/h3-4,7-8H,1-2,5-6,11H2,(H,12,14);1H. The number of amides is 1. The summed E-state index contributed by atoms with van der Waals surface area (Å²) in [5.41, 5.74) is 8.10. The van der Waals surface area contributed by atoms with Gasteiger partial charge >= 0.3 is 0 Å². The molecule has 4 nitrogen and oxygen atoms in total. The quantitative estimate of drug-likeness (QED) is 0.802. The van der Waals surface area contributed by atoms with Gasteiger partial charge in [-0.2, -0.15) is 0 Å².